The highest BCUT2D eigenvalue weighted by atomic mass is 19.4. The Bertz CT molecular complexity index is 1210. The number of nitrogens with zero attached hydrogens (tertiary/aromatic N) is 6. The van der Waals surface area contributed by atoms with E-state index < -0.39 is 19.0 Å². The number of aliphatic hydroxyl groups is 1. The monoisotopic (exact) mass is 504 g/mol. The van der Waals surface area contributed by atoms with Crippen LogP contribution in [-0.4, -0.2) is 61.9 Å². The Labute approximate surface area is 205 Å². The highest BCUT2D eigenvalue weighted by Gasteiger charge is 2.43. The number of hydrogen-bond acceptors (Lipinski definition) is 9. The highest BCUT2D eigenvalue weighted by molar-refractivity contribution is 5.72. The number of fused-ring (bicyclic) bond motifs is 1. The average molecular weight is 505 g/mol. The summed E-state index contributed by atoms with van der Waals surface area (Å²) in [4.78, 5) is 15.2. The summed E-state index contributed by atoms with van der Waals surface area (Å²) in [7, 11) is 1.95. The second-order valence-corrected chi connectivity index (χ2v) is 9.17. The third-order valence-corrected chi connectivity index (χ3v) is 6.24. The molecule has 0 saturated heterocycles. The molecule has 0 spiro atoms. The summed E-state index contributed by atoms with van der Waals surface area (Å²) >= 11 is 0. The van der Waals surface area contributed by atoms with E-state index in [2.05, 4.69) is 30.4 Å². The average Bonchev–Trinajstić information content (AvgIpc) is 3.56. The maximum Gasteiger partial charge on any atom is 0.422 e. The van der Waals surface area contributed by atoms with E-state index in [1.165, 1.54) is 12.3 Å². The quantitative estimate of drug-likeness (QED) is 0.426. The number of pyridine rings is 1. The lowest BCUT2D eigenvalue weighted by Gasteiger charge is -2.40. The zero-order valence-corrected chi connectivity index (χ0v) is 19.8. The van der Waals surface area contributed by atoms with E-state index in [9.17, 15) is 18.3 Å². The first-order valence-electron chi connectivity index (χ1n) is 11.6. The minimum Gasteiger partial charge on any atom is -0.468 e. The van der Waals surface area contributed by atoms with Crippen molar-refractivity contribution in [1.82, 2.24) is 24.7 Å². The molecule has 13 heteroatoms. The first-order valence-corrected chi connectivity index (χ1v) is 11.6. The van der Waals surface area contributed by atoms with Gasteiger partial charge in [-0.1, -0.05) is 6.07 Å². The van der Waals surface area contributed by atoms with Crippen molar-refractivity contribution in [3.63, 3.8) is 0 Å². The molecule has 0 amide bonds. The number of halogens is 3. The second-order valence-electron chi connectivity index (χ2n) is 9.17. The molecule has 3 aromatic rings. The summed E-state index contributed by atoms with van der Waals surface area (Å²) in [6, 6.07) is 3.04. The van der Waals surface area contributed by atoms with Crippen LogP contribution in [0.1, 0.15) is 29.7 Å². The number of alkyl halides is 3. The molecule has 1 fully saturated rings. The van der Waals surface area contributed by atoms with Gasteiger partial charge in [0.05, 0.1) is 24.5 Å². The van der Waals surface area contributed by atoms with Gasteiger partial charge in [-0.25, -0.2) is 9.97 Å². The smallest absolute Gasteiger partial charge is 0.422 e. The van der Waals surface area contributed by atoms with Crippen molar-refractivity contribution >= 4 is 17.5 Å². The Hall–Kier alpha value is -3.61. The molecule has 10 nitrogen and oxygen atoms in total. The van der Waals surface area contributed by atoms with Crippen LogP contribution in [-0.2, 0) is 13.1 Å². The molecule has 0 bridgehead atoms. The molecular weight excluding hydrogens is 477 g/mol. The van der Waals surface area contributed by atoms with Crippen LogP contribution in [0, 0.1) is 12.8 Å². The number of ether oxygens (including phenoxy) is 1. The summed E-state index contributed by atoms with van der Waals surface area (Å²) in [5, 5.41) is 21.3. The van der Waals surface area contributed by atoms with E-state index in [0.29, 0.717) is 25.0 Å². The predicted molar refractivity (Wildman–Crippen MR) is 126 cm³/mol. The lowest BCUT2D eigenvalue weighted by Crippen LogP contribution is -2.51. The molecule has 0 radical (unpaired) electrons. The van der Waals surface area contributed by atoms with Crippen molar-refractivity contribution in [2.24, 2.45) is 5.92 Å². The fraction of sp³-hybridized carbons (Fsp3) is 0.478. The van der Waals surface area contributed by atoms with Gasteiger partial charge in [0.15, 0.2) is 12.4 Å². The zero-order valence-electron chi connectivity index (χ0n) is 19.8. The Morgan fingerprint density at radius 3 is 2.69 bits per heavy atom. The Morgan fingerprint density at radius 2 is 2.00 bits per heavy atom. The summed E-state index contributed by atoms with van der Waals surface area (Å²) in [5.74, 6) is 1.62. The number of aliphatic hydroxyl groups excluding tert-OH is 1. The third-order valence-electron chi connectivity index (χ3n) is 6.24. The molecule has 2 atom stereocenters. The van der Waals surface area contributed by atoms with Gasteiger partial charge in [0.25, 0.3) is 0 Å². The Morgan fingerprint density at radius 1 is 1.19 bits per heavy atom. The molecule has 4 heterocycles. The molecule has 192 valence electrons. The molecule has 3 aromatic heterocycles. The zero-order chi connectivity index (χ0) is 25.4. The molecule has 5 rings (SSSR count). The molecule has 1 aliphatic carbocycles. The molecule has 1 aliphatic heterocycles. The summed E-state index contributed by atoms with van der Waals surface area (Å²) in [6.45, 7) is 1.36. The molecule has 3 N–H and O–H groups in total. The normalized spacial score (nSPS) is 19.6. The van der Waals surface area contributed by atoms with Crippen LogP contribution in [0.4, 0.5) is 30.6 Å². The number of anilines is 3. The van der Waals surface area contributed by atoms with Crippen molar-refractivity contribution in [2.75, 3.05) is 29.2 Å². The SMILES string of the molecule is Cc1nc(NCc2cnn(Cc3ccc(OCC(F)(F)F)nc3)c2)nc2c1NC(O)[C@H](C1CC1)N2C. The number of aromatic nitrogens is 5. The van der Waals surface area contributed by atoms with Crippen LogP contribution >= 0.6 is 0 Å². The summed E-state index contributed by atoms with van der Waals surface area (Å²) in [6.07, 6.45) is 2.20. The molecule has 1 unspecified atom stereocenters. The molecule has 2 aliphatic rings. The van der Waals surface area contributed by atoms with Gasteiger partial charge in [-0.3, -0.25) is 4.68 Å². The van der Waals surface area contributed by atoms with Crippen molar-refractivity contribution in [3.05, 3.63) is 47.5 Å². The van der Waals surface area contributed by atoms with E-state index in [1.807, 2.05) is 25.1 Å². The maximum atomic E-state index is 12.3. The summed E-state index contributed by atoms with van der Waals surface area (Å²) < 4.78 is 43.1. The molecule has 0 aromatic carbocycles. The van der Waals surface area contributed by atoms with Gasteiger partial charge < -0.3 is 25.4 Å². The van der Waals surface area contributed by atoms with E-state index in [4.69, 9.17) is 4.98 Å². The number of hydrogen-bond donors (Lipinski definition) is 3. The van der Waals surface area contributed by atoms with Crippen molar-refractivity contribution in [1.29, 1.82) is 0 Å². The first kappa shape index (κ1) is 24.1. The largest absolute Gasteiger partial charge is 0.468 e. The van der Waals surface area contributed by atoms with Gasteiger partial charge in [-0.05, 0) is 31.2 Å². The van der Waals surface area contributed by atoms with E-state index in [-0.39, 0.29) is 11.9 Å². The van der Waals surface area contributed by atoms with Crippen molar-refractivity contribution in [2.45, 2.75) is 51.3 Å². The summed E-state index contributed by atoms with van der Waals surface area (Å²) in [5.41, 5.74) is 3.16. The van der Waals surface area contributed by atoms with Crippen molar-refractivity contribution in [3.8, 4) is 5.88 Å². The maximum absolute atomic E-state index is 12.3. The van der Waals surface area contributed by atoms with Crippen LogP contribution in [0.3, 0.4) is 0 Å². The fourth-order valence-electron chi connectivity index (χ4n) is 4.36. The van der Waals surface area contributed by atoms with Crippen LogP contribution in [0.5, 0.6) is 5.88 Å². The number of rotatable bonds is 8. The molecule has 1 saturated carbocycles. The van der Waals surface area contributed by atoms with Gasteiger partial charge in [0.2, 0.25) is 11.8 Å². The Kier molecular flexibility index (Phi) is 6.33. The fourth-order valence-corrected chi connectivity index (χ4v) is 4.36. The van der Waals surface area contributed by atoms with Crippen LogP contribution in [0.15, 0.2) is 30.7 Å². The molecular formula is C23H27F3N8O2. The lowest BCUT2D eigenvalue weighted by molar-refractivity contribution is -0.154. The van der Waals surface area contributed by atoms with Crippen LogP contribution in [0.2, 0.25) is 0 Å². The number of likely N-dealkylation sites (N-methyl/N-ethyl adjacent to an activating group) is 1. The number of aryl methyl sites for hydroxylation is 1. The minimum absolute atomic E-state index is 0.0161. The van der Waals surface area contributed by atoms with Crippen LogP contribution < -0.4 is 20.3 Å². The highest BCUT2D eigenvalue weighted by Crippen LogP contribution is 2.43. The van der Waals surface area contributed by atoms with E-state index in [0.717, 1.165) is 41.2 Å². The van der Waals surface area contributed by atoms with Crippen molar-refractivity contribution < 1.29 is 23.0 Å². The molecule has 36 heavy (non-hydrogen) atoms. The van der Waals surface area contributed by atoms with Gasteiger partial charge >= 0.3 is 6.18 Å². The van der Waals surface area contributed by atoms with E-state index >= 15 is 0 Å². The van der Waals surface area contributed by atoms with Gasteiger partial charge in [-0.15, -0.1) is 0 Å². The first-order chi connectivity index (χ1) is 17.2. The van der Waals surface area contributed by atoms with Crippen LogP contribution in [0.25, 0.3) is 0 Å². The van der Waals surface area contributed by atoms with Gasteiger partial charge in [0.1, 0.15) is 11.9 Å². The standard InChI is InChI=1S/C23H27F3N8O2/c1-13-18-20(33(2)19(16-4-5-16)21(35)31-18)32-22(30-13)28-8-15-9-29-34(11-15)10-14-3-6-17(27-7-14)36-12-23(24,25)26/h3,6-7,9,11,16,19,21,31,35H,4-5,8,10,12H2,1-2H3,(H,28,30,32)/t19-,21?/m0/s1. The topological polar surface area (TPSA) is 113 Å². The van der Waals surface area contributed by atoms with Gasteiger partial charge in [0, 0.05) is 37.6 Å². The van der Waals surface area contributed by atoms with Gasteiger partial charge in [-0.2, -0.15) is 23.3 Å². The third kappa shape index (κ3) is 5.45. The Balaban J connectivity index is 1.19. The second kappa shape index (κ2) is 9.45. The minimum atomic E-state index is -4.41. The lowest BCUT2D eigenvalue weighted by atomic mass is 10.1. The number of nitrogens with one attached hydrogen (secondary N) is 2. The predicted octanol–water partition coefficient (Wildman–Crippen LogP) is 2.94. The van der Waals surface area contributed by atoms with E-state index in [1.54, 1.807) is 16.9 Å².